The predicted octanol–water partition coefficient (Wildman–Crippen LogP) is 2.70. The van der Waals surface area contributed by atoms with E-state index in [1.165, 1.54) is 0 Å². The third-order valence-corrected chi connectivity index (χ3v) is 8.64. The molecule has 0 bridgehead atoms. The molecule has 1 saturated heterocycles. The van der Waals surface area contributed by atoms with Gasteiger partial charge in [0.25, 0.3) is 5.91 Å². The third-order valence-electron chi connectivity index (χ3n) is 6.35. The summed E-state index contributed by atoms with van der Waals surface area (Å²) < 4.78 is 43.5. The van der Waals surface area contributed by atoms with Gasteiger partial charge in [0.05, 0.1) is 118 Å². The van der Waals surface area contributed by atoms with E-state index >= 15 is 0 Å². The van der Waals surface area contributed by atoms with E-state index in [9.17, 15) is 14.4 Å². The molecule has 0 aromatic rings. The molecule has 0 aliphatic carbocycles. The number of rotatable bonds is 33. The summed E-state index contributed by atoms with van der Waals surface area (Å²) in [5, 5.41) is 4.84. The Morgan fingerprint density at radius 3 is 1.69 bits per heavy atom. The van der Waals surface area contributed by atoms with Crippen LogP contribution in [0, 0.1) is 0 Å². The lowest BCUT2D eigenvalue weighted by atomic mass is 10.3. The second kappa shape index (κ2) is 30.7. The maximum Gasteiger partial charge on any atom is 0.335 e. The van der Waals surface area contributed by atoms with Gasteiger partial charge in [-0.25, -0.2) is 4.79 Å². The molecule has 17 heteroatoms. The fourth-order valence-corrected chi connectivity index (χ4v) is 5.79. The molecule has 15 nitrogen and oxygen atoms in total. The number of ether oxygens (including phenoxy) is 8. The summed E-state index contributed by atoms with van der Waals surface area (Å²) in [6, 6.07) is 0. The topological polar surface area (TPSA) is 162 Å². The van der Waals surface area contributed by atoms with Gasteiger partial charge in [0.2, 0.25) is 5.91 Å². The Balaban J connectivity index is 1.17. The molecule has 2 aliphatic heterocycles. The van der Waals surface area contributed by atoms with Crippen molar-refractivity contribution >= 4 is 45.6 Å². The van der Waals surface area contributed by atoms with Gasteiger partial charge >= 0.3 is 5.97 Å². The number of aliphatic imine (C=N–C) groups is 1. The van der Waals surface area contributed by atoms with Crippen LogP contribution in [0.2, 0.25) is 0 Å². The molecule has 1 fully saturated rings. The number of hydrogen-bond donors (Lipinski definition) is 1. The van der Waals surface area contributed by atoms with Crippen LogP contribution in [0.25, 0.3) is 0 Å². The number of hydrogen-bond acceptors (Lipinski definition) is 15. The minimum atomic E-state index is -0.541. The van der Waals surface area contributed by atoms with Crippen LogP contribution in [-0.2, 0) is 57.1 Å². The van der Waals surface area contributed by atoms with Crippen molar-refractivity contribution in [1.29, 1.82) is 0 Å². The van der Waals surface area contributed by atoms with Gasteiger partial charge < -0.3 is 48.0 Å². The van der Waals surface area contributed by atoms with Crippen LogP contribution >= 0.6 is 21.6 Å². The van der Waals surface area contributed by atoms with E-state index < -0.39 is 5.97 Å². The van der Waals surface area contributed by atoms with Gasteiger partial charge in [0.15, 0.2) is 0 Å². The molecule has 0 aromatic heterocycles. The van der Waals surface area contributed by atoms with E-state index in [1.54, 1.807) is 21.6 Å². The fraction of sp³-hybridized carbons (Fsp3) is 0.750. The average molecular weight is 736 g/mol. The quantitative estimate of drug-likeness (QED) is 0.0774. The lowest BCUT2D eigenvalue weighted by Gasteiger charge is -2.15. The molecule has 2 heterocycles. The Kier molecular flexibility index (Phi) is 27.0. The largest absolute Gasteiger partial charge is 0.378 e. The zero-order chi connectivity index (χ0) is 35.0. The molecular weight excluding hydrogens is 682 g/mol. The molecular formula is C32H53N3O12S2. The van der Waals surface area contributed by atoms with Crippen molar-refractivity contribution in [2.24, 2.45) is 4.99 Å². The van der Waals surface area contributed by atoms with Crippen molar-refractivity contribution in [3.8, 4) is 0 Å². The number of nitrogens with one attached hydrogen (secondary N) is 1. The molecule has 280 valence electrons. The van der Waals surface area contributed by atoms with Gasteiger partial charge in [0, 0.05) is 31.4 Å². The van der Waals surface area contributed by atoms with Crippen molar-refractivity contribution in [2.75, 3.05) is 118 Å². The highest BCUT2D eigenvalue weighted by atomic mass is 33.1. The molecule has 0 unspecified atom stereocenters. The van der Waals surface area contributed by atoms with Crippen LogP contribution in [-0.4, -0.2) is 147 Å². The second-order valence-corrected chi connectivity index (χ2v) is 12.7. The summed E-state index contributed by atoms with van der Waals surface area (Å²) in [5.41, 5.74) is 0.488. The summed E-state index contributed by atoms with van der Waals surface area (Å²) in [4.78, 5) is 44.5. The zero-order valence-electron chi connectivity index (χ0n) is 28.4. The molecule has 0 spiro atoms. The number of carbonyl (C=O) groups is 3. The van der Waals surface area contributed by atoms with Gasteiger partial charge in [-0.2, -0.15) is 0 Å². The van der Waals surface area contributed by atoms with Crippen molar-refractivity contribution < 1.29 is 57.1 Å². The van der Waals surface area contributed by atoms with E-state index in [0.29, 0.717) is 131 Å². The van der Waals surface area contributed by atoms with Crippen LogP contribution in [0.5, 0.6) is 0 Å². The summed E-state index contributed by atoms with van der Waals surface area (Å²) >= 11 is 0. The van der Waals surface area contributed by atoms with Crippen LogP contribution in [0.3, 0.4) is 0 Å². The minimum Gasteiger partial charge on any atom is -0.378 e. The smallest absolute Gasteiger partial charge is 0.335 e. The van der Waals surface area contributed by atoms with Gasteiger partial charge in [-0.05, 0) is 30.1 Å². The van der Waals surface area contributed by atoms with Crippen molar-refractivity contribution in [1.82, 2.24) is 10.4 Å². The van der Waals surface area contributed by atoms with Gasteiger partial charge in [-0.3, -0.25) is 14.6 Å². The molecule has 0 aromatic carbocycles. The van der Waals surface area contributed by atoms with Gasteiger partial charge in [-0.15, -0.1) is 5.06 Å². The minimum absolute atomic E-state index is 0.0227. The average Bonchev–Trinajstić information content (AvgIpc) is 3.42. The summed E-state index contributed by atoms with van der Waals surface area (Å²) in [6.07, 6.45) is 7.41. The lowest BCUT2D eigenvalue weighted by Crippen LogP contribution is -2.27. The predicted molar refractivity (Wildman–Crippen MR) is 186 cm³/mol. The molecule has 49 heavy (non-hydrogen) atoms. The van der Waals surface area contributed by atoms with E-state index in [1.807, 2.05) is 6.21 Å². The molecule has 1 N–H and O–H groups in total. The van der Waals surface area contributed by atoms with Crippen LogP contribution < -0.4 is 5.32 Å². The highest BCUT2D eigenvalue weighted by molar-refractivity contribution is 8.78. The van der Waals surface area contributed by atoms with Crippen molar-refractivity contribution in [3.05, 3.63) is 23.4 Å². The fourth-order valence-electron chi connectivity index (χ4n) is 3.82. The first kappa shape index (κ1) is 43.1. The zero-order valence-corrected chi connectivity index (χ0v) is 30.1. The van der Waals surface area contributed by atoms with Gasteiger partial charge in [0.1, 0.15) is 5.03 Å². The van der Waals surface area contributed by atoms with E-state index in [-0.39, 0.29) is 24.8 Å². The Morgan fingerprint density at radius 1 is 0.714 bits per heavy atom. The monoisotopic (exact) mass is 735 g/mol. The Hall–Kier alpha value is -2.06. The number of allylic oxidation sites excluding steroid dienone is 2. The van der Waals surface area contributed by atoms with E-state index in [4.69, 9.17) is 42.7 Å². The first-order valence-corrected chi connectivity index (χ1v) is 19.0. The lowest BCUT2D eigenvalue weighted by molar-refractivity contribution is -0.187. The Bertz CT molecular complexity index is 973. The molecule has 0 atom stereocenters. The van der Waals surface area contributed by atoms with Crippen LogP contribution in [0.1, 0.15) is 38.5 Å². The number of nitrogens with zero attached hydrogens (tertiary/aromatic N) is 2. The van der Waals surface area contributed by atoms with Crippen molar-refractivity contribution in [2.45, 2.75) is 38.5 Å². The maximum absolute atomic E-state index is 11.9. The number of carbonyl (C=O) groups excluding carboxylic acids is 3. The molecule has 2 aliphatic rings. The first-order chi connectivity index (χ1) is 24.1. The molecule has 0 radical (unpaired) electrons. The standard InChI is InChI=1S/C32H53N3O12S2/c1-28-5-6-31(37)35(28)47-32(38)7-11-39-13-15-41-17-19-43-21-23-45-25-26-46-24-22-44-20-18-42-16-14-40-12-10-33-29(36)8-27-48-49-30-4-2-3-9-34-30/h4,9H,1-3,5-8,10-27H2,(H,33,36). The Labute approximate surface area is 297 Å². The van der Waals surface area contributed by atoms with E-state index in [0.717, 1.165) is 28.7 Å². The van der Waals surface area contributed by atoms with Crippen LogP contribution in [0.4, 0.5) is 0 Å². The molecule has 0 saturated carbocycles. The van der Waals surface area contributed by atoms with E-state index in [2.05, 4.69) is 23.0 Å². The normalized spacial score (nSPS) is 14.4. The summed E-state index contributed by atoms with van der Waals surface area (Å²) in [6.45, 7) is 11.0. The molecule has 2 rings (SSSR count). The second-order valence-electron chi connectivity index (χ2n) is 10.3. The molecule has 2 amide bonds. The number of amides is 2. The van der Waals surface area contributed by atoms with Crippen molar-refractivity contribution in [3.63, 3.8) is 0 Å². The third kappa shape index (κ3) is 24.7. The van der Waals surface area contributed by atoms with Crippen LogP contribution in [0.15, 0.2) is 28.4 Å². The maximum atomic E-state index is 11.9. The number of hydroxylamine groups is 2. The summed E-state index contributed by atoms with van der Waals surface area (Å²) in [5.74, 6) is -0.0387. The Morgan fingerprint density at radius 2 is 1.22 bits per heavy atom. The SMILES string of the molecule is C=C1CCC(=O)N1OC(=O)CCOCCOCCOCCOCCOCCOCCOCCOCCNC(=O)CCSSC1=CCCC=N1. The highest BCUT2D eigenvalue weighted by Crippen LogP contribution is 2.32. The first-order valence-electron chi connectivity index (χ1n) is 16.7. The summed E-state index contributed by atoms with van der Waals surface area (Å²) in [7, 11) is 3.26. The highest BCUT2D eigenvalue weighted by Gasteiger charge is 2.27. The van der Waals surface area contributed by atoms with Gasteiger partial charge in [-0.1, -0.05) is 23.4 Å².